The molecule has 0 unspecified atom stereocenters. The molecule has 0 saturated heterocycles. The van der Waals surface area contributed by atoms with Crippen molar-refractivity contribution in [2.24, 2.45) is 17.8 Å². The van der Waals surface area contributed by atoms with Gasteiger partial charge < -0.3 is 5.32 Å². The molecule has 0 aliphatic heterocycles. The molecule has 2 aromatic heterocycles. The Bertz CT molecular complexity index is 676. The van der Waals surface area contributed by atoms with E-state index in [0.717, 1.165) is 24.3 Å². The minimum absolute atomic E-state index is 0.485. The molecule has 0 amide bonds. The molecular weight excluding hydrogens is 318 g/mol. The molecule has 0 atom stereocenters. The van der Waals surface area contributed by atoms with Crippen LogP contribution in [0.5, 0.6) is 0 Å². The Morgan fingerprint density at radius 2 is 1.52 bits per heavy atom. The van der Waals surface area contributed by atoms with Crippen LogP contribution in [0.15, 0.2) is 24.3 Å². The summed E-state index contributed by atoms with van der Waals surface area (Å²) in [7, 11) is 0. The van der Waals surface area contributed by atoms with E-state index in [2.05, 4.69) is 36.5 Å². The molecule has 2 heterocycles. The molecule has 0 aromatic carbocycles. The van der Waals surface area contributed by atoms with E-state index in [1.54, 1.807) is 0 Å². The lowest BCUT2D eigenvalue weighted by atomic mass is 9.53. The first kappa shape index (κ1) is 14.7. The van der Waals surface area contributed by atoms with E-state index in [0.29, 0.717) is 5.54 Å². The number of rotatable bonds is 4. The average Bonchev–Trinajstić information content (AvgIpc) is 3.12. The molecule has 122 valence electrons. The molecular formula is C20H25NS2. The van der Waals surface area contributed by atoms with Gasteiger partial charge in [-0.15, -0.1) is 22.7 Å². The molecule has 1 N–H and O–H groups in total. The molecule has 1 nitrogen and oxygen atoms in total. The topological polar surface area (TPSA) is 12.0 Å². The van der Waals surface area contributed by atoms with Crippen molar-refractivity contribution in [3.8, 4) is 9.75 Å². The minimum Gasteiger partial charge on any atom is -0.306 e. The molecule has 4 aliphatic carbocycles. The largest absolute Gasteiger partial charge is 0.306 e. The molecule has 23 heavy (non-hydrogen) atoms. The molecule has 4 aliphatic rings. The van der Waals surface area contributed by atoms with Crippen molar-refractivity contribution < 1.29 is 0 Å². The van der Waals surface area contributed by atoms with Gasteiger partial charge in [-0.25, -0.2) is 0 Å². The maximum atomic E-state index is 4.03. The van der Waals surface area contributed by atoms with Gasteiger partial charge in [0.2, 0.25) is 0 Å². The summed E-state index contributed by atoms with van der Waals surface area (Å²) in [5.74, 6) is 3.09. The number of nitrogens with one attached hydrogen (secondary N) is 1. The van der Waals surface area contributed by atoms with Crippen molar-refractivity contribution in [3.63, 3.8) is 0 Å². The summed E-state index contributed by atoms with van der Waals surface area (Å²) < 4.78 is 0. The summed E-state index contributed by atoms with van der Waals surface area (Å²) in [6, 6.07) is 9.14. The highest BCUT2D eigenvalue weighted by atomic mass is 32.1. The van der Waals surface area contributed by atoms with Gasteiger partial charge in [0, 0.05) is 31.6 Å². The van der Waals surface area contributed by atoms with Crippen LogP contribution in [-0.2, 0) is 6.54 Å². The van der Waals surface area contributed by atoms with Gasteiger partial charge in [-0.2, -0.15) is 0 Å². The van der Waals surface area contributed by atoms with Crippen molar-refractivity contribution in [1.82, 2.24) is 5.32 Å². The third-order valence-electron chi connectivity index (χ3n) is 6.32. The maximum Gasteiger partial charge on any atom is 0.0446 e. The van der Waals surface area contributed by atoms with Gasteiger partial charge in [0.15, 0.2) is 0 Å². The lowest BCUT2D eigenvalue weighted by Crippen LogP contribution is -2.58. The Kier molecular flexibility index (Phi) is 3.47. The Hall–Kier alpha value is -0.640. The van der Waals surface area contributed by atoms with Crippen molar-refractivity contribution in [2.45, 2.75) is 57.5 Å². The third-order valence-corrected chi connectivity index (χ3v) is 8.60. The molecule has 4 saturated carbocycles. The maximum absolute atomic E-state index is 4.03. The summed E-state index contributed by atoms with van der Waals surface area (Å²) in [6.45, 7) is 3.26. The van der Waals surface area contributed by atoms with E-state index in [9.17, 15) is 0 Å². The number of thiophene rings is 2. The predicted octanol–water partition coefficient (Wildman–Crippen LogP) is 5.84. The van der Waals surface area contributed by atoms with Crippen LogP contribution in [0, 0.1) is 24.7 Å². The fourth-order valence-corrected chi connectivity index (χ4v) is 7.68. The van der Waals surface area contributed by atoms with Crippen molar-refractivity contribution in [3.05, 3.63) is 34.0 Å². The molecule has 4 fully saturated rings. The SMILES string of the molecule is Cc1ccc(-c2ccc(CNC34CC5CC(CC(C5)C3)C4)s2)s1. The smallest absolute Gasteiger partial charge is 0.0446 e. The Morgan fingerprint density at radius 3 is 2.13 bits per heavy atom. The molecule has 2 aromatic rings. The minimum atomic E-state index is 0.485. The van der Waals surface area contributed by atoms with E-state index >= 15 is 0 Å². The summed E-state index contributed by atoms with van der Waals surface area (Å²) in [6.07, 6.45) is 8.93. The Balaban J connectivity index is 1.29. The second kappa shape index (κ2) is 5.44. The second-order valence-electron chi connectivity index (χ2n) is 8.23. The van der Waals surface area contributed by atoms with Crippen LogP contribution in [-0.4, -0.2) is 5.54 Å². The van der Waals surface area contributed by atoms with Crippen LogP contribution in [0.2, 0.25) is 0 Å². The van der Waals surface area contributed by atoms with Gasteiger partial charge in [0.1, 0.15) is 0 Å². The highest BCUT2D eigenvalue weighted by Crippen LogP contribution is 2.55. The first-order valence-corrected chi connectivity index (χ1v) is 10.7. The van der Waals surface area contributed by atoms with Gasteiger partial charge in [-0.05, 0) is 87.5 Å². The fourth-order valence-electron chi connectivity index (χ4n) is 5.77. The zero-order valence-corrected chi connectivity index (χ0v) is 15.4. The van der Waals surface area contributed by atoms with E-state index in [-0.39, 0.29) is 0 Å². The zero-order valence-electron chi connectivity index (χ0n) is 13.8. The van der Waals surface area contributed by atoms with Crippen molar-refractivity contribution in [2.75, 3.05) is 0 Å². The van der Waals surface area contributed by atoms with Crippen molar-refractivity contribution >= 4 is 22.7 Å². The van der Waals surface area contributed by atoms with Crippen LogP contribution in [0.3, 0.4) is 0 Å². The van der Waals surface area contributed by atoms with E-state index in [1.165, 1.54) is 58.0 Å². The monoisotopic (exact) mass is 343 g/mol. The highest BCUT2D eigenvalue weighted by Gasteiger charge is 2.50. The highest BCUT2D eigenvalue weighted by molar-refractivity contribution is 7.22. The summed E-state index contributed by atoms with van der Waals surface area (Å²) in [5.41, 5.74) is 0.485. The first-order valence-electron chi connectivity index (χ1n) is 9.08. The van der Waals surface area contributed by atoms with E-state index < -0.39 is 0 Å². The quantitative estimate of drug-likeness (QED) is 0.735. The van der Waals surface area contributed by atoms with E-state index in [1.807, 2.05) is 22.7 Å². The fraction of sp³-hybridized carbons (Fsp3) is 0.600. The molecule has 0 radical (unpaired) electrons. The Labute approximate surface area is 147 Å². The van der Waals surface area contributed by atoms with Crippen molar-refractivity contribution in [1.29, 1.82) is 0 Å². The predicted molar refractivity (Wildman–Crippen MR) is 100 cm³/mol. The van der Waals surface area contributed by atoms with Crippen LogP contribution >= 0.6 is 22.7 Å². The second-order valence-corrected chi connectivity index (χ2v) is 10.7. The number of hydrogen-bond donors (Lipinski definition) is 1. The zero-order chi connectivity index (χ0) is 15.4. The van der Waals surface area contributed by atoms with Gasteiger partial charge in [0.05, 0.1) is 0 Å². The van der Waals surface area contributed by atoms with Crippen LogP contribution in [0.1, 0.15) is 48.3 Å². The van der Waals surface area contributed by atoms with Gasteiger partial charge >= 0.3 is 0 Å². The van der Waals surface area contributed by atoms with Crippen LogP contribution in [0.25, 0.3) is 9.75 Å². The lowest BCUT2D eigenvalue weighted by Gasteiger charge is -2.57. The van der Waals surface area contributed by atoms with Gasteiger partial charge in [0.25, 0.3) is 0 Å². The normalized spacial score (nSPS) is 35.1. The average molecular weight is 344 g/mol. The molecule has 0 spiro atoms. The van der Waals surface area contributed by atoms with Crippen LogP contribution in [0.4, 0.5) is 0 Å². The summed E-state index contributed by atoms with van der Waals surface area (Å²) >= 11 is 3.89. The first-order chi connectivity index (χ1) is 11.2. The molecule has 3 heteroatoms. The third kappa shape index (κ3) is 2.71. The van der Waals surface area contributed by atoms with Gasteiger partial charge in [-0.1, -0.05) is 0 Å². The summed E-state index contributed by atoms with van der Waals surface area (Å²) in [5, 5.41) is 4.03. The molecule has 4 bridgehead atoms. The Morgan fingerprint density at radius 1 is 0.913 bits per heavy atom. The standard InChI is InChI=1S/C20H25NS2/c1-13-2-4-18(22-13)19-5-3-17(23-19)12-21-20-9-14-6-15(10-20)8-16(7-14)11-20/h2-5,14-16,21H,6-12H2,1H3. The van der Waals surface area contributed by atoms with E-state index in [4.69, 9.17) is 0 Å². The number of aryl methyl sites for hydroxylation is 1. The molecule has 6 rings (SSSR count). The summed E-state index contributed by atoms with van der Waals surface area (Å²) in [4.78, 5) is 5.77. The number of hydrogen-bond acceptors (Lipinski definition) is 3. The lowest BCUT2D eigenvalue weighted by molar-refractivity contribution is -0.0204. The van der Waals surface area contributed by atoms with Crippen LogP contribution < -0.4 is 5.32 Å². The van der Waals surface area contributed by atoms with Gasteiger partial charge in [-0.3, -0.25) is 0 Å².